The van der Waals surface area contributed by atoms with Crippen molar-refractivity contribution in [1.29, 1.82) is 0 Å². The van der Waals surface area contributed by atoms with Crippen LogP contribution in [0.15, 0.2) is 35.6 Å². The van der Waals surface area contributed by atoms with Crippen LogP contribution in [-0.2, 0) is 11.3 Å². The van der Waals surface area contributed by atoms with Gasteiger partial charge in [-0.1, -0.05) is 31.0 Å². The van der Waals surface area contributed by atoms with Crippen LogP contribution in [0.5, 0.6) is 0 Å². The van der Waals surface area contributed by atoms with Crippen molar-refractivity contribution in [1.82, 2.24) is 25.8 Å². The van der Waals surface area contributed by atoms with E-state index in [1.54, 1.807) is 7.11 Å². The predicted molar refractivity (Wildman–Crippen MR) is 123 cm³/mol. The highest BCUT2D eigenvalue weighted by atomic mass is 127. The summed E-state index contributed by atoms with van der Waals surface area (Å²) in [7, 11) is 3.60. The number of hydrogen-bond acceptors (Lipinski definition) is 4. The van der Waals surface area contributed by atoms with Gasteiger partial charge in [0.1, 0.15) is 6.33 Å². The second-order valence-electron chi connectivity index (χ2n) is 7.26. The number of halogens is 1. The molecular formula is C20H31IN6O. The molecule has 8 heteroatoms. The maximum absolute atomic E-state index is 5.32. The van der Waals surface area contributed by atoms with Gasteiger partial charge in [0.05, 0.1) is 0 Å². The molecule has 1 aliphatic carbocycles. The predicted octanol–water partition coefficient (Wildman–Crippen LogP) is 3.35. The second kappa shape index (κ2) is 11.4. The molecule has 0 aliphatic heterocycles. The maximum Gasteiger partial charge on any atom is 0.191 e. The largest absolute Gasteiger partial charge is 0.385 e. The summed E-state index contributed by atoms with van der Waals surface area (Å²) in [6.45, 7) is 2.46. The van der Waals surface area contributed by atoms with Crippen LogP contribution < -0.4 is 10.6 Å². The van der Waals surface area contributed by atoms with Gasteiger partial charge in [-0.05, 0) is 36.3 Å². The summed E-state index contributed by atoms with van der Waals surface area (Å²) in [5.41, 5.74) is 2.53. The van der Waals surface area contributed by atoms with E-state index in [0.717, 1.165) is 36.9 Å². The fourth-order valence-corrected chi connectivity index (χ4v) is 3.81. The van der Waals surface area contributed by atoms with Crippen molar-refractivity contribution in [3.8, 4) is 11.4 Å². The van der Waals surface area contributed by atoms with Crippen molar-refractivity contribution in [3.63, 3.8) is 0 Å². The van der Waals surface area contributed by atoms with E-state index in [4.69, 9.17) is 4.74 Å². The molecule has 0 radical (unpaired) electrons. The van der Waals surface area contributed by atoms with Crippen molar-refractivity contribution < 1.29 is 4.74 Å². The Kier molecular flexibility index (Phi) is 9.17. The number of benzene rings is 1. The van der Waals surface area contributed by atoms with Gasteiger partial charge in [-0.15, -0.1) is 24.0 Å². The molecule has 1 fully saturated rings. The Bertz CT molecular complexity index is 728. The minimum absolute atomic E-state index is 0. The Hall–Kier alpha value is -1.68. The summed E-state index contributed by atoms with van der Waals surface area (Å²) >= 11 is 0. The van der Waals surface area contributed by atoms with E-state index in [0.29, 0.717) is 12.0 Å². The zero-order valence-electron chi connectivity index (χ0n) is 16.7. The molecule has 7 nitrogen and oxygen atoms in total. The normalized spacial score (nSPS) is 15.9. The SMILES string of the molecule is CN=C(NCc1cccc(-c2ncn[nH]2)c1)NCC1(CCOC)CCCC1.I. The number of nitrogens with zero attached hydrogens (tertiary/aromatic N) is 3. The number of aromatic nitrogens is 3. The molecule has 3 rings (SSSR count). The third kappa shape index (κ3) is 6.16. The first-order chi connectivity index (χ1) is 13.2. The topological polar surface area (TPSA) is 87.2 Å². The third-order valence-electron chi connectivity index (χ3n) is 5.43. The highest BCUT2D eigenvalue weighted by Gasteiger charge is 2.33. The number of ether oxygens (including phenoxy) is 1. The Morgan fingerprint density at radius 2 is 2.11 bits per heavy atom. The number of rotatable bonds is 8. The van der Waals surface area contributed by atoms with Crippen LogP contribution >= 0.6 is 24.0 Å². The lowest BCUT2D eigenvalue weighted by Crippen LogP contribution is -2.43. The molecular weight excluding hydrogens is 467 g/mol. The van der Waals surface area contributed by atoms with Crippen LogP contribution in [0, 0.1) is 5.41 Å². The number of aliphatic imine (C=N–C) groups is 1. The van der Waals surface area contributed by atoms with Gasteiger partial charge in [0.2, 0.25) is 0 Å². The molecule has 1 aliphatic rings. The van der Waals surface area contributed by atoms with Crippen LogP contribution in [0.3, 0.4) is 0 Å². The Labute approximate surface area is 184 Å². The van der Waals surface area contributed by atoms with Crippen LogP contribution in [0.2, 0.25) is 0 Å². The van der Waals surface area contributed by atoms with Crippen LogP contribution in [0.25, 0.3) is 11.4 Å². The molecule has 0 atom stereocenters. The monoisotopic (exact) mass is 498 g/mol. The van der Waals surface area contributed by atoms with E-state index in [2.05, 4.69) is 42.9 Å². The Morgan fingerprint density at radius 1 is 1.29 bits per heavy atom. The van der Waals surface area contributed by atoms with Gasteiger partial charge in [0.25, 0.3) is 0 Å². The molecule has 1 aromatic carbocycles. The number of nitrogens with one attached hydrogen (secondary N) is 3. The molecule has 3 N–H and O–H groups in total. The van der Waals surface area contributed by atoms with Gasteiger partial charge in [-0.3, -0.25) is 10.1 Å². The van der Waals surface area contributed by atoms with Gasteiger partial charge in [-0.25, -0.2) is 4.98 Å². The number of hydrogen-bond donors (Lipinski definition) is 3. The fraction of sp³-hybridized carbons (Fsp3) is 0.550. The smallest absolute Gasteiger partial charge is 0.191 e. The molecule has 0 saturated heterocycles. The lowest BCUT2D eigenvalue weighted by atomic mass is 9.83. The van der Waals surface area contributed by atoms with Crippen molar-refractivity contribution >= 4 is 29.9 Å². The molecule has 0 bridgehead atoms. The summed E-state index contributed by atoms with van der Waals surface area (Å²) in [5.74, 6) is 1.62. The van der Waals surface area contributed by atoms with Gasteiger partial charge in [0, 0.05) is 39.4 Å². The summed E-state index contributed by atoms with van der Waals surface area (Å²) in [6.07, 6.45) is 7.78. The number of methoxy groups -OCH3 is 1. The molecule has 1 aromatic heterocycles. The van der Waals surface area contributed by atoms with Gasteiger partial charge >= 0.3 is 0 Å². The van der Waals surface area contributed by atoms with E-state index >= 15 is 0 Å². The average molecular weight is 498 g/mol. The van der Waals surface area contributed by atoms with Crippen molar-refractivity contribution in [2.24, 2.45) is 10.4 Å². The summed E-state index contributed by atoms with van der Waals surface area (Å²) in [4.78, 5) is 8.59. The van der Waals surface area contributed by atoms with Crippen molar-refractivity contribution in [2.75, 3.05) is 27.3 Å². The van der Waals surface area contributed by atoms with E-state index < -0.39 is 0 Å². The average Bonchev–Trinajstić information content (AvgIpc) is 3.40. The van der Waals surface area contributed by atoms with Crippen molar-refractivity contribution in [2.45, 2.75) is 38.6 Å². The van der Waals surface area contributed by atoms with E-state index in [-0.39, 0.29) is 24.0 Å². The van der Waals surface area contributed by atoms with Gasteiger partial charge < -0.3 is 15.4 Å². The summed E-state index contributed by atoms with van der Waals surface area (Å²) in [6, 6.07) is 8.26. The van der Waals surface area contributed by atoms with Crippen LogP contribution in [0.4, 0.5) is 0 Å². The van der Waals surface area contributed by atoms with Crippen LogP contribution in [0.1, 0.15) is 37.7 Å². The summed E-state index contributed by atoms with van der Waals surface area (Å²) < 4.78 is 5.32. The van der Waals surface area contributed by atoms with Gasteiger partial charge in [-0.2, -0.15) is 5.10 Å². The van der Waals surface area contributed by atoms with E-state index in [1.807, 2.05) is 19.2 Å². The molecule has 2 aromatic rings. The highest BCUT2D eigenvalue weighted by Crippen LogP contribution is 2.40. The quantitative estimate of drug-likeness (QED) is 0.295. The molecule has 0 unspecified atom stereocenters. The maximum atomic E-state index is 5.32. The lowest BCUT2D eigenvalue weighted by Gasteiger charge is -2.30. The van der Waals surface area contributed by atoms with E-state index in [9.17, 15) is 0 Å². The molecule has 154 valence electrons. The number of H-pyrrole nitrogens is 1. The standard InChI is InChI=1S/C20H30N6O.HI/c1-21-19(23-14-20(10-11-27-2)8-3-4-9-20)22-13-16-6-5-7-17(12-16)18-24-15-25-26-18;/h5-7,12,15H,3-4,8-11,13-14H2,1-2H3,(H2,21,22,23)(H,24,25,26);1H. The Balaban J connectivity index is 0.00000280. The van der Waals surface area contributed by atoms with Crippen molar-refractivity contribution in [3.05, 3.63) is 36.2 Å². The fourth-order valence-electron chi connectivity index (χ4n) is 3.81. The zero-order valence-corrected chi connectivity index (χ0v) is 19.0. The molecule has 1 saturated carbocycles. The second-order valence-corrected chi connectivity index (χ2v) is 7.26. The van der Waals surface area contributed by atoms with E-state index in [1.165, 1.54) is 37.6 Å². The minimum Gasteiger partial charge on any atom is -0.385 e. The lowest BCUT2D eigenvalue weighted by molar-refractivity contribution is 0.138. The number of aromatic amines is 1. The molecule has 28 heavy (non-hydrogen) atoms. The summed E-state index contributed by atoms with van der Waals surface area (Å²) in [5, 5.41) is 13.8. The van der Waals surface area contributed by atoms with Gasteiger partial charge in [0.15, 0.2) is 11.8 Å². The first-order valence-corrected chi connectivity index (χ1v) is 9.63. The first kappa shape index (κ1) is 22.6. The molecule has 0 spiro atoms. The number of guanidine groups is 1. The Morgan fingerprint density at radius 3 is 2.79 bits per heavy atom. The highest BCUT2D eigenvalue weighted by molar-refractivity contribution is 14.0. The van der Waals surface area contributed by atoms with Crippen LogP contribution in [-0.4, -0.2) is 48.5 Å². The first-order valence-electron chi connectivity index (χ1n) is 9.63. The molecule has 0 amide bonds. The third-order valence-corrected chi connectivity index (χ3v) is 5.43. The minimum atomic E-state index is 0. The zero-order chi connectivity index (χ0) is 19.0. The molecule has 1 heterocycles.